The third-order valence-electron chi connectivity index (χ3n) is 7.21. The minimum Gasteiger partial charge on any atom is -0.389 e. The van der Waals surface area contributed by atoms with Crippen LogP contribution in [0, 0.1) is 11.8 Å². The summed E-state index contributed by atoms with van der Waals surface area (Å²) in [5.74, 6) is -4.51. The zero-order valence-corrected chi connectivity index (χ0v) is 21.4. The highest BCUT2D eigenvalue weighted by atomic mass is 16.3. The number of pyridine rings is 1. The number of anilines is 2. The summed E-state index contributed by atoms with van der Waals surface area (Å²) in [5.41, 5.74) is 2.04. The van der Waals surface area contributed by atoms with Gasteiger partial charge in [0.05, 0.1) is 11.5 Å². The number of aliphatic hydroxyl groups is 1. The molecule has 0 spiro atoms. The summed E-state index contributed by atoms with van der Waals surface area (Å²) in [5, 5.41) is 17.3. The second-order valence-corrected chi connectivity index (χ2v) is 9.77. The molecule has 1 saturated carbocycles. The molecule has 3 aromatic rings. The van der Waals surface area contributed by atoms with Crippen molar-refractivity contribution in [3.63, 3.8) is 0 Å². The molecule has 0 aliphatic heterocycles. The fourth-order valence-electron chi connectivity index (χ4n) is 5.39. The second kappa shape index (κ2) is 11.0. The number of rotatable bonds is 7. The minimum atomic E-state index is -1.67. The molecule has 7 nitrogen and oxygen atoms in total. The summed E-state index contributed by atoms with van der Waals surface area (Å²) < 4.78 is 0. The van der Waals surface area contributed by atoms with E-state index in [9.17, 15) is 19.5 Å². The monoisotopic (exact) mass is 499 g/mol. The first-order chi connectivity index (χ1) is 17.8. The van der Waals surface area contributed by atoms with Gasteiger partial charge in [0.2, 0.25) is 11.8 Å². The number of ketones is 1. The SMILES string of the molecule is CCc1ccccc1NC(=O)C1C(=O)CC(C)(O)C(C(=O)Nc2ccccc2CC)C1c1cccnc1. The Bertz CT molecular complexity index is 1290. The molecular weight excluding hydrogens is 466 g/mol. The predicted octanol–water partition coefficient (Wildman–Crippen LogP) is 4.52. The maximum atomic E-state index is 13.8. The molecule has 4 atom stereocenters. The fourth-order valence-corrected chi connectivity index (χ4v) is 5.39. The highest BCUT2D eigenvalue weighted by molar-refractivity contribution is 6.10. The first kappa shape index (κ1) is 26.2. The number of nitrogens with one attached hydrogen (secondary N) is 2. The Hall–Kier alpha value is -3.84. The molecule has 2 aromatic carbocycles. The van der Waals surface area contributed by atoms with Crippen molar-refractivity contribution in [3.05, 3.63) is 89.7 Å². The molecule has 1 heterocycles. The van der Waals surface area contributed by atoms with Crippen molar-refractivity contribution in [3.8, 4) is 0 Å². The van der Waals surface area contributed by atoms with E-state index in [0.717, 1.165) is 11.1 Å². The Morgan fingerprint density at radius 2 is 1.49 bits per heavy atom. The number of Topliss-reactive ketones (excluding diaryl/α,β-unsaturated/α-hetero) is 1. The van der Waals surface area contributed by atoms with Gasteiger partial charge in [-0.1, -0.05) is 56.3 Å². The van der Waals surface area contributed by atoms with E-state index in [-0.39, 0.29) is 6.42 Å². The van der Waals surface area contributed by atoms with Crippen molar-refractivity contribution in [2.24, 2.45) is 11.8 Å². The average molecular weight is 500 g/mol. The van der Waals surface area contributed by atoms with Gasteiger partial charge in [0, 0.05) is 36.1 Å². The van der Waals surface area contributed by atoms with Gasteiger partial charge in [-0.3, -0.25) is 19.4 Å². The molecule has 4 rings (SSSR count). The van der Waals surface area contributed by atoms with Crippen LogP contribution in [0.1, 0.15) is 49.8 Å². The molecular formula is C30H33N3O4. The lowest BCUT2D eigenvalue weighted by Gasteiger charge is -2.44. The normalized spacial score (nSPS) is 23.4. The van der Waals surface area contributed by atoms with Crippen LogP contribution in [0.3, 0.4) is 0 Å². The van der Waals surface area contributed by atoms with Crippen LogP contribution in [-0.2, 0) is 27.2 Å². The van der Waals surface area contributed by atoms with Crippen molar-refractivity contribution in [1.82, 2.24) is 4.98 Å². The van der Waals surface area contributed by atoms with Crippen LogP contribution in [0.5, 0.6) is 0 Å². The number of amides is 2. The third-order valence-corrected chi connectivity index (χ3v) is 7.21. The maximum Gasteiger partial charge on any atom is 0.235 e. The highest BCUT2D eigenvalue weighted by Crippen LogP contribution is 2.46. The topological polar surface area (TPSA) is 108 Å². The minimum absolute atomic E-state index is 0.315. The zero-order chi connectivity index (χ0) is 26.6. The molecule has 0 radical (unpaired) electrons. The molecule has 0 saturated heterocycles. The number of aromatic nitrogens is 1. The summed E-state index contributed by atoms with van der Waals surface area (Å²) in [4.78, 5) is 45.2. The summed E-state index contributed by atoms with van der Waals surface area (Å²) in [6.45, 7) is 5.47. The first-order valence-electron chi connectivity index (χ1n) is 12.7. The van der Waals surface area contributed by atoms with Crippen molar-refractivity contribution < 1.29 is 19.5 Å². The van der Waals surface area contributed by atoms with E-state index in [1.54, 1.807) is 30.6 Å². The van der Waals surface area contributed by atoms with Gasteiger partial charge in [-0.25, -0.2) is 0 Å². The number of aryl methyl sites for hydroxylation is 2. The first-order valence-corrected chi connectivity index (χ1v) is 12.7. The largest absolute Gasteiger partial charge is 0.389 e. The third kappa shape index (κ3) is 5.47. The highest BCUT2D eigenvalue weighted by Gasteiger charge is 2.56. The Kier molecular flexibility index (Phi) is 7.83. The van der Waals surface area contributed by atoms with Crippen molar-refractivity contribution in [2.45, 2.75) is 51.6 Å². The van der Waals surface area contributed by atoms with Gasteiger partial charge in [0.15, 0.2) is 0 Å². The molecule has 0 bridgehead atoms. The van der Waals surface area contributed by atoms with Gasteiger partial charge in [-0.05, 0) is 54.7 Å². The summed E-state index contributed by atoms with van der Waals surface area (Å²) in [6.07, 6.45) is 4.25. The van der Waals surface area contributed by atoms with E-state index in [0.29, 0.717) is 29.8 Å². The van der Waals surface area contributed by atoms with Crippen LogP contribution in [0.15, 0.2) is 73.1 Å². The van der Waals surface area contributed by atoms with E-state index >= 15 is 0 Å². The number of benzene rings is 2. The number of para-hydroxylation sites is 2. The molecule has 3 N–H and O–H groups in total. The van der Waals surface area contributed by atoms with E-state index in [1.165, 1.54) is 6.92 Å². The molecule has 1 aliphatic rings. The van der Waals surface area contributed by atoms with Gasteiger partial charge in [-0.15, -0.1) is 0 Å². The van der Waals surface area contributed by atoms with Gasteiger partial charge in [-0.2, -0.15) is 0 Å². The number of carbonyl (C=O) groups is 3. The lowest BCUT2D eigenvalue weighted by Crippen LogP contribution is -2.56. The molecule has 1 aromatic heterocycles. The predicted molar refractivity (Wildman–Crippen MR) is 143 cm³/mol. The average Bonchev–Trinajstić information content (AvgIpc) is 2.88. The summed E-state index contributed by atoms with van der Waals surface area (Å²) >= 11 is 0. The Morgan fingerprint density at radius 1 is 0.919 bits per heavy atom. The summed E-state index contributed by atoms with van der Waals surface area (Å²) in [7, 11) is 0. The van der Waals surface area contributed by atoms with Gasteiger partial charge in [0.25, 0.3) is 0 Å². The number of hydrogen-bond donors (Lipinski definition) is 3. The van der Waals surface area contributed by atoms with Gasteiger partial charge < -0.3 is 15.7 Å². The molecule has 2 amide bonds. The number of carbonyl (C=O) groups excluding carboxylic acids is 3. The van der Waals surface area contributed by atoms with Crippen molar-refractivity contribution >= 4 is 29.0 Å². The van der Waals surface area contributed by atoms with Crippen LogP contribution in [-0.4, -0.2) is 33.3 Å². The lowest BCUT2D eigenvalue weighted by molar-refractivity contribution is -0.150. The fraction of sp³-hybridized carbons (Fsp3) is 0.333. The second-order valence-electron chi connectivity index (χ2n) is 9.77. The van der Waals surface area contributed by atoms with Gasteiger partial charge in [0.1, 0.15) is 11.7 Å². The Balaban J connectivity index is 1.76. The summed E-state index contributed by atoms with van der Waals surface area (Å²) in [6, 6.07) is 18.3. The van der Waals surface area contributed by atoms with Crippen LogP contribution < -0.4 is 10.6 Å². The maximum absolute atomic E-state index is 13.8. The molecule has 37 heavy (non-hydrogen) atoms. The quantitative estimate of drug-likeness (QED) is 0.414. The number of hydrogen-bond acceptors (Lipinski definition) is 5. The van der Waals surface area contributed by atoms with Crippen molar-refractivity contribution in [1.29, 1.82) is 0 Å². The van der Waals surface area contributed by atoms with Crippen molar-refractivity contribution in [2.75, 3.05) is 10.6 Å². The van der Waals surface area contributed by atoms with Crippen LogP contribution in [0.25, 0.3) is 0 Å². The number of nitrogens with zero attached hydrogens (tertiary/aromatic N) is 1. The van der Waals surface area contributed by atoms with E-state index in [2.05, 4.69) is 15.6 Å². The molecule has 1 fully saturated rings. The van der Waals surface area contributed by atoms with Gasteiger partial charge >= 0.3 is 0 Å². The zero-order valence-electron chi connectivity index (χ0n) is 21.4. The molecule has 4 unspecified atom stereocenters. The molecule has 1 aliphatic carbocycles. The van der Waals surface area contributed by atoms with Crippen LogP contribution in [0.2, 0.25) is 0 Å². The smallest absolute Gasteiger partial charge is 0.235 e. The van der Waals surface area contributed by atoms with E-state index < -0.39 is 41.0 Å². The molecule has 7 heteroatoms. The molecule has 192 valence electrons. The standard InChI is InChI=1S/C30H33N3O4/c1-4-19-11-6-8-14-22(19)32-28(35)26-24(34)17-30(3,37)27(25(26)21-13-10-16-31-18-21)29(36)33-23-15-9-7-12-20(23)5-2/h6-16,18,25-27,37H,4-5,17H2,1-3H3,(H,32,35)(H,33,36). The van der Waals surface area contributed by atoms with Crippen LogP contribution in [0.4, 0.5) is 11.4 Å². The van der Waals surface area contributed by atoms with E-state index in [4.69, 9.17) is 0 Å². The Labute approximate surface area is 217 Å². The lowest BCUT2D eigenvalue weighted by atomic mass is 9.61. The van der Waals surface area contributed by atoms with Crippen LogP contribution >= 0.6 is 0 Å². The van der Waals surface area contributed by atoms with E-state index in [1.807, 2.05) is 56.3 Å². The Morgan fingerprint density at radius 3 is 2.03 bits per heavy atom.